The second-order valence-corrected chi connectivity index (χ2v) is 8.87. The number of fused-ring (bicyclic) bond motifs is 3. The zero-order valence-electron chi connectivity index (χ0n) is 17.7. The number of aryl methyl sites for hydroxylation is 1. The molecule has 1 aromatic heterocycles. The van der Waals surface area contributed by atoms with Crippen molar-refractivity contribution in [2.24, 2.45) is 0 Å². The maximum Gasteiger partial charge on any atom is 0.359 e. The van der Waals surface area contributed by atoms with Crippen LogP contribution in [0.5, 0.6) is 0 Å². The van der Waals surface area contributed by atoms with E-state index in [2.05, 4.69) is 4.98 Å². The molecule has 0 aliphatic carbocycles. The lowest BCUT2D eigenvalue weighted by Gasteiger charge is -2.38. The van der Waals surface area contributed by atoms with Gasteiger partial charge in [-0.15, -0.1) is 0 Å². The lowest BCUT2D eigenvalue weighted by Crippen LogP contribution is -2.46. The van der Waals surface area contributed by atoms with E-state index in [0.717, 1.165) is 42.9 Å². The Kier molecular flexibility index (Phi) is 4.63. The van der Waals surface area contributed by atoms with Crippen LogP contribution >= 0.6 is 0 Å². The predicted octanol–water partition coefficient (Wildman–Crippen LogP) is 4.23. The van der Waals surface area contributed by atoms with Crippen LogP contribution in [-0.4, -0.2) is 45.1 Å². The molecule has 2 aliphatic rings. The topological polar surface area (TPSA) is 67.7 Å². The highest BCUT2D eigenvalue weighted by atomic mass is 16.6. The van der Waals surface area contributed by atoms with Gasteiger partial charge in [0.05, 0.1) is 23.1 Å². The predicted molar refractivity (Wildman–Crippen MR) is 111 cm³/mol. The number of carbonyl (C=O) groups excluding carboxylic acids is 2. The summed E-state index contributed by atoms with van der Waals surface area (Å²) >= 11 is 0. The molecule has 3 heterocycles. The van der Waals surface area contributed by atoms with E-state index >= 15 is 0 Å². The largest absolute Gasteiger partial charge is 0.455 e. The van der Waals surface area contributed by atoms with Crippen LogP contribution in [0, 0.1) is 6.92 Å². The Balaban J connectivity index is 1.83. The molecule has 2 aliphatic heterocycles. The van der Waals surface area contributed by atoms with Crippen LogP contribution in [0.25, 0.3) is 5.69 Å². The van der Waals surface area contributed by atoms with Crippen LogP contribution < -0.4 is 4.90 Å². The number of anilines is 1. The average molecular weight is 396 g/mol. The standard InChI is InChI=1S/C22H28N4O3/c1-14-8-9-16-17(12-14)26(21(28)24-10-6-7-11-24)15(2)19-18(23-13-25(16)19)20(27)29-22(3,4)5/h8-9,12-13,15H,6-7,10-11H2,1-5H3. The van der Waals surface area contributed by atoms with Gasteiger partial charge in [0.2, 0.25) is 0 Å². The molecule has 7 nitrogen and oxygen atoms in total. The second kappa shape index (κ2) is 6.90. The first-order valence-corrected chi connectivity index (χ1v) is 10.2. The number of esters is 1. The van der Waals surface area contributed by atoms with Gasteiger partial charge in [0.25, 0.3) is 0 Å². The fourth-order valence-electron chi connectivity index (χ4n) is 4.12. The highest BCUT2D eigenvalue weighted by Crippen LogP contribution is 2.41. The Labute approximate surface area is 171 Å². The molecule has 0 radical (unpaired) electrons. The Hall–Kier alpha value is -2.83. The number of imidazole rings is 1. The molecule has 29 heavy (non-hydrogen) atoms. The van der Waals surface area contributed by atoms with Gasteiger partial charge in [-0.25, -0.2) is 14.6 Å². The highest BCUT2D eigenvalue weighted by molar-refractivity contribution is 5.98. The second-order valence-electron chi connectivity index (χ2n) is 8.87. The number of amides is 2. The molecule has 1 saturated heterocycles. The Bertz CT molecular complexity index is 967. The van der Waals surface area contributed by atoms with E-state index < -0.39 is 11.6 Å². The molecule has 1 atom stereocenters. The summed E-state index contributed by atoms with van der Waals surface area (Å²) in [6.07, 6.45) is 3.70. The minimum Gasteiger partial charge on any atom is -0.455 e. The quantitative estimate of drug-likeness (QED) is 0.677. The minimum atomic E-state index is -0.619. The van der Waals surface area contributed by atoms with Crippen molar-refractivity contribution in [2.45, 2.75) is 59.1 Å². The van der Waals surface area contributed by atoms with Crippen molar-refractivity contribution < 1.29 is 14.3 Å². The van der Waals surface area contributed by atoms with Crippen LogP contribution in [0.1, 0.15) is 68.3 Å². The summed E-state index contributed by atoms with van der Waals surface area (Å²) in [5.41, 5.74) is 3.09. The van der Waals surface area contributed by atoms with Crippen molar-refractivity contribution in [1.82, 2.24) is 14.5 Å². The molecule has 0 N–H and O–H groups in total. The van der Waals surface area contributed by atoms with Gasteiger partial charge in [0.1, 0.15) is 11.9 Å². The van der Waals surface area contributed by atoms with Crippen LogP contribution in [0.3, 0.4) is 0 Å². The number of aromatic nitrogens is 2. The SMILES string of the molecule is Cc1ccc2c(c1)N(C(=O)N1CCCC1)C(C)c1c(C(=O)OC(C)(C)C)ncn1-2. The molecule has 154 valence electrons. The van der Waals surface area contributed by atoms with Gasteiger partial charge < -0.3 is 9.64 Å². The Morgan fingerprint density at radius 2 is 1.83 bits per heavy atom. The first kappa shape index (κ1) is 19.5. The maximum absolute atomic E-state index is 13.4. The molecule has 0 spiro atoms. The number of ether oxygens (including phenoxy) is 1. The van der Waals surface area contributed by atoms with Gasteiger partial charge in [-0.1, -0.05) is 6.07 Å². The zero-order valence-corrected chi connectivity index (χ0v) is 17.7. The van der Waals surface area contributed by atoms with E-state index in [-0.39, 0.29) is 17.8 Å². The molecule has 2 amide bonds. The van der Waals surface area contributed by atoms with E-state index in [1.807, 2.05) is 62.3 Å². The van der Waals surface area contributed by atoms with Crippen molar-refractivity contribution in [3.05, 3.63) is 41.5 Å². The van der Waals surface area contributed by atoms with Gasteiger partial charge in [0, 0.05) is 13.1 Å². The van der Waals surface area contributed by atoms with E-state index in [1.165, 1.54) is 0 Å². The van der Waals surface area contributed by atoms with Gasteiger partial charge in [-0.2, -0.15) is 0 Å². The smallest absolute Gasteiger partial charge is 0.359 e. The fraction of sp³-hybridized carbons (Fsp3) is 0.500. The minimum absolute atomic E-state index is 0.0237. The van der Waals surface area contributed by atoms with Crippen molar-refractivity contribution in [3.8, 4) is 5.69 Å². The molecule has 7 heteroatoms. The van der Waals surface area contributed by atoms with E-state index in [1.54, 1.807) is 11.2 Å². The van der Waals surface area contributed by atoms with Gasteiger partial charge in [-0.05, 0) is 65.2 Å². The molecular formula is C22H28N4O3. The van der Waals surface area contributed by atoms with Crippen molar-refractivity contribution in [3.63, 3.8) is 0 Å². The molecular weight excluding hydrogens is 368 g/mol. The van der Waals surface area contributed by atoms with Gasteiger partial charge >= 0.3 is 12.0 Å². The summed E-state index contributed by atoms with van der Waals surface area (Å²) in [4.78, 5) is 34.3. The van der Waals surface area contributed by atoms with E-state index in [0.29, 0.717) is 5.69 Å². The van der Waals surface area contributed by atoms with Crippen molar-refractivity contribution in [2.75, 3.05) is 18.0 Å². The van der Waals surface area contributed by atoms with Crippen LogP contribution in [0.15, 0.2) is 24.5 Å². The molecule has 0 bridgehead atoms. The van der Waals surface area contributed by atoms with Crippen LogP contribution in [0.2, 0.25) is 0 Å². The number of likely N-dealkylation sites (tertiary alicyclic amines) is 1. The third-order valence-electron chi connectivity index (χ3n) is 5.41. The average Bonchev–Trinajstić information content (AvgIpc) is 3.30. The molecule has 0 saturated carbocycles. The Morgan fingerprint density at radius 1 is 1.14 bits per heavy atom. The third kappa shape index (κ3) is 3.39. The summed E-state index contributed by atoms with van der Waals surface area (Å²) in [7, 11) is 0. The summed E-state index contributed by atoms with van der Waals surface area (Å²) in [6, 6.07) is 5.64. The summed E-state index contributed by atoms with van der Waals surface area (Å²) in [5.74, 6) is -0.470. The number of hydrogen-bond acceptors (Lipinski definition) is 4. The van der Waals surface area contributed by atoms with Gasteiger partial charge in [-0.3, -0.25) is 9.47 Å². The van der Waals surface area contributed by atoms with Gasteiger partial charge in [0.15, 0.2) is 5.69 Å². The van der Waals surface area contributed by atoms with Crippen molar-refractivity contribution >= 4 is 17.7 Å². The first-order valence-electron chi connectivity index (χ1n) is 10.2. The van der Waals surface area contributed by atoms with Crippen LogP contribution in [0.4, 0.5) is 10.5 Å². The summed E-state index contributed by atoms with van der Waals surface area (Å²) < 4.78 is 7.48. The van der Waals surface area contributed by atoms with E-state index in [9.17, 15) is 9.59 Å². The third-order valence-corrected chi connectivity index (χ3v) is 5.41. The maximum atomic E-state index is 13.4. The number of hydrogen-bond donors (Lipinski definition) is 0. The fourth-order valence-corrected chi connectivity index (χ4v) is 4.12. The number of rotatable bonds is 1. The molecule has 1 unspecified atom stereocenters. The number of carbonyl (C=O) groups is 2. The Morgan fingerprint density at radius 3 is 2.48 bits per heavy atom. The molecule has 1 fully saturated rings. The molecule has 1 aromatic carbocycles. The summed E-state index contributed by atoms with van der Waals surface area (Å²) in [6.45, 7) is 11.0. The lowest BCUT2D eigenvalue weighted by atomic mass is 10.0. The van der Waals surface area contributed by atoms with E-state index in [4.69, 9.17) is 4.74 Å². The molecule has 4 rings (SSSR count). The van der Waals surface area contributed by atoms with Crippen LogP contribution in [-0.2, 0) is 4.74 Å². The number of benzene rings is 1. The normalized spacial score (nSPS) is 18.4. The lowest BCUT2D eigenvalue weighted by molar-refractivity contribution is 0.00613. The zero-order chi connectivity index (χ0) is 20.9. The van der Waals surface area contributed by atoms with Crippen molar-refractivity contribution in [1.29, 1.82) is 0 Å². The highest BCUT2D eigenvalue weighted by Gasteiger charge is 2.39. The monoisotopic (exact) mass is 396 g/mol. The molecule has 2 aromatic rings. The summed E-state index contributed by atoms with van der Waals surface area (Å²) in [5, 5.41) is 0. The number of urea groups is 1. The first-order chi connectivity index (χ1) is 13.7. The number of nitrogens with zero attached hydrogens (tertiary/aromatic N) is 4.